The molecule has 2 aromatic carbocycles. The molecule has 5 aromatic rings. The number of ether oxygens (including phenoxy) is 1. The Morgan fingerprint density at radius 1 is 1.11 bits per heavy atom. The van der Waals surface area contributed by atoms with Crippen molar-refractivity contribution in [1.82, 2.24) is 9.38 Å². The maximum Gasteiger partial charge on any atom is 0.264 e. The molecule has 38 heavy (non-hydrogen) atoms. The highest BCUT2D eigenvalue weighted by Gasteiger charge is 2.15. The molecular formula is C29H27FN4O4. The molecule has 0 saturated heterocycles. The van der Waals surface area contributed by atoms with Gasteiger partial charge in [-0.2, -0.15) is 0 Å². The van der Waals surface area contributed by atoms with Gasteiger partial charge in [-0.15, -0.1) is 0 Å². The zero-order valence-electron chi connectivity index (χ0n) is 21.5. The smallest absolute Gasteiger partial charge is 0.264 e. The van der Waals surface area contributed by atoms with Gasteiger partial charge in [-0.3, -0.25) is 4.79 Å². The highest BCUT2D eigenvalue weighted by Crippen LogP contribution is 2.25. The van der Waals surface area contributed by atoms with Gasteiger partial charge >= 0.3 is 0 Å². The largest absolute Gasteiger partial charge is 0.484 e. The normalized spacial score (nSPS) is 12.2. The molecule has 0 atom stereocenters. The van der Waals surface area contributed by atoms with Crippen molar-refractivity contribution in [1.29, 1.82) is 0 Å². The van der Waals surface area contributed by atoms with Crippen molar-refractivity contribution in [3.8, 4) is 17.2 Å². The Kier molecular flexibility index (Phi) is 6.59. The lowest BCUT2D eigenvalue weighted by Crippen LogP contribution is -2.31. The van der Waals surface area contributed by atoms with Crippen LogP contribution in [0.5, 0.6) is 5.75 Å². The van der Waals surface area contributed by atoms with Crippen LogP contribution in [0.25, 0.3) is 27.9 Å². The summed E-state index contributed by atoms with van der Waals surface area (Å²) in [6.45, 7) is 5.52. The monoisotopic (exact) mass is 514 g/mol. The number of carbonyl (C=O) groups excluding carboxylic acids is 1. The van der Waals surface area contributed by atoms with Crippen LogP contribution < -0.4 is 15.0 Å². The molecule has 0 aliphatic carbocycles. The van der Waals surface area contributed by atoms with Crippen LogP contribution in [0.1, 0.15) is 20.8 Å². The molecule has 0 fully saturated rings. The molecular weight excluding hydrogens is 487 g/mol. The minimum absolute atomic E-state index is 0.208. The van der Waals surface area contributed by atoms with Crippen LogP contribution in [0, 0.1) is 5.82 Å². The van der Waals surface area contributed by atoms with Gasteiger partial charge in [-0.25, -0.2) is 9.37 Å². The number of carbonyl (C=O) groups is 1. The first kappa shape index (κ1) is 25.0. The Bertz CT molecular complexity index is 1680. The van der Waals surface area contributed by atoms with Crippen LogP contribution in [-0.4, -0.2) is 34.5 Å². The van der Waals surface area contributed by atoms with Gasteiger partial charge in [0.25, 0.3) is 5.91 Å². The number of amides is 1. The average Bonchev–Trinajstić information content (AvgIpc) is 3.38. The fourth-order valence-electron chi connectivity index (χ4n) is 3.75. The first-order chi connectivity index (χ1) is 18.2. The van der Waals surface area contributed by atoms with E-state index in [2.05, 4.69) is 10.1 Å². The van der Waals surface area contributed by atoms with E-state index in [0.717, 1.165) is 5.52 Å². The fraction of sp³-hybridized carbons (Fsp3) is 0.207. The maximum absolute atomic E-state index is 13.2. The van der Waals surface area contributed by atoms with Gasteiger partial charge in [0.05, 0.1) is 11.7 Å². The minimum Gasteiger partial charge on any atom is -0.484 e. The molecule has 1 amide bonds. The van der Waals surface area contributed by atoms with E-state index in [0.29, 0.717) is 39.2 Å². The summed E-state index contributed by atoms with van der Waals surface area (Å²) < 4.78 is 27.1. The van der Waals surface area contributed by atoms with E-state index < -0.39 is 5.60 Å². The topological polar surface area (TPSA) is 81.6 Å². The van der Waals surface area contributed by atoms with Crippen LogP contribution in [0.2, 0.25) is 0 Å². The Hall–Kier alpha value is -4.66. The van der Waals surface area contributed by atoms with Gasteiger partial charge in [-0.1, -0.05) is 5.16 Å². The molecule has 194 valence electrons. The first-order valence-electron chi connectivity index (χ1n) is 12.0. The van der Waals surface area contributed by atoms with Crippen LogP contribution in [0.3, 0.4) is 0 Å². The molecule has 0 radical (unpaired) electrons. The third kappa shape index (κ3) is 5.51. The van der Waals surface area contributed by atoms with Crippen molar-refractivity contribution in [3.05, 3.63) is 90.4 Å². The molecule has 3 heterocycles. The number of benzene rings is 2. The molecule has 9 heteroatoms. The van der Waals surface area contributed by atoms with Crippen molar-refractivity contribution in [2.24, 2.45) is 5.16 Å². The Labute approximate surface area is 218 Å². The van der Waals surface area contributed by atoms with Gasteiger partial charge < -0.3 is 23.3 Å². The van der Waals surface area contributed by atoms with Gasteiger partial charge in [0.2, 0.25) is 0 Å². The molecule has 0 N–H and O–H groups in total. The van der Waals surface area contributed by atoms with E-state index >= 15 is 0 Å². The van der Waals surface area contributed by atoms with Crippen molar-refractivity contribution < 1.29 is 23.2 Å². The maximum atomic E-state index is 13.2. The summed E-state index contributed by atoms with van der Waals surface area (Å²) >= 11 is 0. The number of halogens is 1. The lowest BCUT2D eigenvalue weighted by atomic mass is 10.2. The van der Waals surface area contributed by atoms with Crippen LogP contribution in [-0.2, 0) is 9.63 Å². The summed E-state index contributed by atoms with van der Waals surface area (Å²) in [6, 6.07) is 18.5. The van der Waals surface area contributed by atoms with Crippen molar-refractivity contribution in [2.45, 2.75) is 26.4 Å². The van der Waals surface area contributed by atoms with Crippen LogP contribution in [0.15, 0.2) is 88.8 Å². The molecule has 0 unspecified atom stereocenters. The summed E-state index contributed by atoms with van der Waals surface area (Å²) in [7, 11) is 1.61. The third-order valence-electron chi connectivity index (χ3n) is 5.75. The number of likely N-dealkylation sites (N-methyl/N-ethyl adjacent to an activating group) is 1. The summed E-state index contributed by atoms with van der Waals surface area (Å²) in [5, 5.41) is 5.59. The predicted octanol–water partition coefficient (Wildman–Crippen LogP) is 5.56. The lowest BCUT2D eigenvalue weighted by molar-refractivity contribution is -0.120. The average molecular weight is 515 g/mol. The van der Waals surface area contributed by atoms with Gasteiger partial charge in [0.15, 0.2) is 12.4 Å². The quantitative estimate of drug-likeness (QED) is 0.277. The highest BCUT2D eigenvalue weighted by atomic mass is 19.1. The number of nitrogens with zero attached hydrogens (tertiary/aromatic N) is 4. The number of aromatic nitrogens is 2. The third-order valence-corrected chi connectivity index (χ3v) is 5.75. The van der Waals surface area contributed by atoms with E-state index in [9.17, 15) is 9.18 Å². The summed E-state index contributed by atoms with van der Waals surface area (Å²) in [4.78, 5) is 24.3. The minimum atomic E-state index is -0.506. The summed E-state index contributed by atoms with van der Waals surface area (Å²) in [6.07, 6.45) is 3.65. The van der Waals surface area contributed by atoms with E-state index in [1.165, 1.54) is 29.2 Å². The Morgan fingerprint density at radius 2 is 1.89 bits per heavy atom. The van der Waals surface area contributed by atoms with Crippen molar-refractivity contribution >= 4 is 28.1 Å². The number of rotatable bonds is 6. The number of fused-ring (bicyclic) bond motifs is 2. The molecule has 8 nitrogen and oxygen atoms in total. The summed E-state index contributed by atoms with van der Waals surface area (Å²) in [5.41, 5.74) is 2.25. The highest BCUT2D eigenvalue weighted by molar-refractivity contribution is 5.94. The molecule has 0 aliphatic heterocycles. The molecule has 0 aliphatic rings. The molecule has 5 rings (SSSR count). The van der Waals surface area contributed by atoms with Crippen LogP contribution >= 0.6 is 0 Å². The fourth-order valence-corrected chi connectivity index (χ4v) is 3.75. The SMILES string of the molecule is CN(C(=O)COc1ccc2oc(-c3cc4cccn4cn3)cc(=NOC(C)(C)C)c2c1)c1ccc(F)cc1. The van der Waals surface area contributed by atoms with E-state index in [-0.39, 0.29) is 18.3 Å². The van der Waals surface area contributed by atoms with Crippen LogP contribution in [0.4, 0.5) is 10.1 Å². The van der Waals surface area contributed by atoms with Gasteiger partial charge in [0, 0.05) is 30.5 Å². The van der Waals surface area contributed by atoms with E-state index in [4.69, 9.17) is 14.0 Å². The molecule has 0 saturated carbocycles. The Morgan fingerprint density at radius 3 is 2.66 bits per heavy atom. The predicted molar refractivity (Wildman–Crippen MR) is 142 cm³/mol. The second-order valence-electron chi connectivity index (χ2n) is 9.78. The second kappa shape index (κ2) is 10.0. The number of hydrogen-bond acceptors (Lipinski definition) is 6. The number of hydrogen-bond donors (Lipinski definition) is 0. The van der Waals surface area contributed by atoms with Crippen molar-refractivity contribution in [2.75, 3.05) is 18.6 Å². The Balaban J connectivity index is 1.46. The summed E-state index contributed by atoms with van der Waals surface area (Å²) in [5.74, 6) is 0.335. The van der Waals surface area contributed by atoms with Gasteiger partial charge in [0.1, 0.15) is 33.8 Å². The van der Waals surface area contributed by atoms with E-state index in [1.807, 2.05) is 49.6 Å². The lowest BCUT2D eigenvalue weighted by Gasteiger charge is -2.18. The standard InChI is InChI=1S/C29H27FN4O4/c1-29(2,3)38-32-24-16-27(25-14-21-6-5-13-34(21)18-31-25)37-26-12-11-22(15-23(24)26)36-17-28(35)33(4)20-9-7-19(30)8-10-20/h5-16,18H,17H2,1-4H3. The van der Waals surface area contributed by atoms with Crippen molar-refractivity contribution in [3.63, 3.8) is 0 Å². The van der Waals surface area contributed by atoms with E-state index in [1.54, 1.807) is 37.6 Å². The molecule has 0 bridgehead atoms. The number of anilines is 1. The molecule has 0 spiro atoms. The molecule has 3 aromatic heterocycles. The zero-order valence-corrected chi connectivity index (χ0v) is 21.5. The second-order valence-corrected chi connectivity index (χ2v) is 9.78. The first-order valence-corrected chi connectivity index (χ1v) is 12.0. The zero-order chi connectivity index (χ0) is 26.9. The van der Waals surface area contributed by atoms with Gasteiger partial charge in [-0.05, 0) is 81.4 Å².